The lowest BCUT2D eigenvalue weighted by Gasteiger charge is -2.54. The first-order valence-corrected chi connectivity index (χ1v) is 11.3. The summed E-state index contributed by atoms with van der Waals surface area (Å²) in [6.07, 6.45) is 7.28. The predicted octanol–water partition coefficient (Wildman–Crippen LogP) is 4.99. The van der Waals surface area contributed by atoms with E-state index < -0.39 is 0 Å². The van der Waals surface area contributed by atoms with Crippen molar-refractivity contribution in [3.63, 3.8) is 0 Å². The van der Waals surface area contributed by atoms with E-state index >= 15 is 0 Å². The summed E-state index contributed by atoms with van der Waals surface area (Å²) in [5.74, 6) is 0.503. The summed E-state index contributed by atoms with van der Waals surface area (Å²) in [6.45, 7) is 5.48. The molecule has 1 N–H and O–H groups in total. The number of hydrogen-bond donors (Lipinski definition) is 1. The molecule has 3 atom stereocenters. The van der Waals surface area contributed by atoms with Crippen molar-refractivity contribution in [1.29, 1.82) is 0 Å². The number of carbonyl (C=O) groups is 1. The minimum Gasteiger partial charge on any atom is -0.345 e. The van der Waals surface area contributed by atoms with Crippen molar-refractivity contribution < 1.29 is 4.79 Å². The number of H-pyrrole nitrogens is 1. The number of nitrogens with zero attached hydrogens (tertiary/aromatic N) is 3. The number of hydrogen-bond acceptors (Lipinski definition) is 3. The van der Waals surface area contributed by atoms with Gasteiger partial charge in [-0.05, 0) is 70.7 Å². The molecule has 5 nitrogen and oxygen atoms in total. The van der Waals surface area contributed by atoms with Gasteiger partial charge in [-0.15, -0.1) is 0 Å². The molecule has 1 amide bonds. The van der Waals surface area contributed by atoms with Gasteiger partial charge < -0.3 is 9.88 Å². The third-order valence-electron chi connectivity index (χ3n) is 7.93. The molecule has 160 valence electrons. The molecule has 6 rings (SSSR count). The topological polar surface area (TPSA) is 61.9 Å². The Morgan fingerprint density at radius 3 is 2.91 bits per heavy atom. The first-order chi connectivity index (χ1) is 15.5. The van der Waals surface area contributed by atoms with Crippen LogP contribution in [0.5, 0.6) is 0 Å². The molecule has 2 bridgehead atoms. The molecule has 1 saturated heterocycles. The monoisotopic (exact) mass is 422 g/mol. The van der Waals surface area contributed by atoms with Crippen LogP contribution in [0.15, 0.2) is 67.3 Å². The van der Waals surface area contributed by atoms with Crippen LogP contribution >= 0.6 is 0 Å². The van der Waals surface area contributed by atoms with E-state index in [4.69, 9.17) is 0 Å². The number of amides is 1. The van der Waals surface area contributed by atoms with Crippen LogP contribution in [0.2, 0.25) is 0 Å². The highest BCUT2D eigenvalue weighted by Crippen LogP contribution is 2.49. The quantitative estimate of drug-likeness (QED) is 0.495. The van der Waals surface area contributed by atoms with E-state index in [9.17, 15) is 4.79 Å². The van der Waals surface area contributed by atoms with E-state index in [1.54, 1.807) is 6.33 Å². The van der Waals surface area contributed by atoms with E-state index in [2.05, 4.69) is 58.0 Å². The molecule has 0 unspecified atom stereocenters. The largest absolute Gasteiger partial charge is 0.345 e. The van der Waals surface area contributed by atoms with E-state index in [0.29, 0.717) is 5.92 Å². The van der Waals surface area contributed by atoms with Gasteiger partial charge in [-0.3, -0.25) is 9.78 Å². The summed E-state index contributed by atoms with van der Waals surface area (Å²) in [5, 5.41) is 0. The fraction of sp³-hybridized carbons (Fsp3) is 0.296. The summed E-state index contributed by atoms with van der Waals surface area (Å²) in [7, 11) is 0. The van der Waals surface area contributed by atoms with Crippen LogP contribution in [-0.2, 0) is 11.8 Å². The summed E-state index contributed by atoms with van der Waals surface area (Å²) in [4.78, 5) is 27.3. The molecular weight excluding hydrogens is 396 g/mol. The van der Waals surface area contributed by atoms with Crippen molar-refractivity contribution in [2.75, 3.05) is 6.54 Å². The minimum absolute atomic E-state index is 0.0561. The molecule has 3 heterocycles. The second-order valence-electron chi connectivity index (χ2n) is 9.47. The second kappa shape index (κ2) is 7.02. The normalized spacial score (nSPS) is 24.4. The number of benzene rings is 2. The molecule has 32 heavy (non-hydrogen) atoms. The van der Waals surface area contributed by atoms with Crippen LogP contribution in [0.1, 0.15) is 41.8 Å². The molecule has 2 aromatic heterocycles. The Bertz CT molecular complexity index is 1330. The van der Waals surface area contributed by atoms with Gasteiger partial charge in [-0.2, -0.15) is 0 Å². The van der Waals surface area contributed by atoms with Crippen LogP contribution in [-0.4, -0.2) is 38.3 Å². The highest BCUT2D eigenvalue weighted by Gasteiger charge is 2.49. The summed E-state index contributed by atoms with van der Waals surface area (Å²) in [6, 6.07) is 16.9. The molecule has 1 aliphatic heterocycles. The van der Waals surface area contributed by atoms with Crippen molar-refractivity contribution in [3.8, 4) is 11.1 Å². The first-order valence-electron chi connectivity index (χ1n) is 11.3. The smallest absolute Gasteiger partial charge is 0.254 e. The highest BCUT2D eigenvalue weighted by atomic mass is 16.2. The summed E-state index contributed by atoms with van der Waals surface area (Å²) < 4.78 is 0. The fourth-order valence-corrected chi connectivity index (χ4v) is 5.82. The molecule has 5 heteroatoms. The SMILES string of the molecule is C[C@@H]1[C@H]2Cc3ccc(-c4cccnc4)cc3[C@]1(C)CCN2C(=O)c1ccc2nc[nH]c2c1. The maximum Gasteiger partial charge on any atom is 0.254 e. The van der Waals surface area contributed by atoms with Gasteiger partial charge in [0.1, 0.15) is 0 Å². The highest BCUT2D eigenvalue weighted by molar-refractivity contribution is 5.97. The van der Waals surface area contributed by atoms with Crippen LogP contribution < -0.4 is 0 Å². The standard InChI is InChI=1S/C27H26N4O/c1-17-25-14-19-6-5-18(21-4-3-10-28-15-21)12-22(19)27(17,2)9-11-31(25)26(32)20-7-8-23-24(13-20)30-16-29-23/h3-8,10,12-13,15-17,25H,9,11,14H2,1-2H3,(H,29,30)/t17-,25-,27-/m1/s1. The van der Waals surface area contributed by atoms with Crippen LogP contribution in [0.25, 0.3) is 22.2 Å². The second-order valence-corrected chi connectivity index (χ2v) is 9.47. The fourth-order valence-electron chi connectivity index (χ4n) is 5.82. The van der Waals surface area contributed by atoms with Crippen LogP contribution in [0.4, 0.5) is 0 Å². The molecule has 0 saturated carbocycles. The van der Waals surface area contributed by atoms with Gasteiger partial charge in [-0.1, -0.05) is 38.1 Å². The average Bonchev–Trinajstić information content (AvgIpc) is 3.29. The van der Waals surface area contributed by atoms with Gasteiger partial charge in [-0.25, -0.2) is 4.98 Å². The zero-order valence-electron chi connectivity index (χ0n) is 18.4. The van der Waals surface area contributed by atoms with Gasteiger partial charge in [0.25, 0.3) is 5.91 Å². The van der Waals surface area contributed by atoms with Gasteiger partial charge in [0.15, 0.2) is 0 Å². The Labute approximate surface area is 187 Å². The molecule has 0 radical (unpaired) electrons. The number of likely N-dealkylation sites (tertiary alicyclic amines) is 1. The number of carbonyl (C=O) groups excluding carboxylic acids is 1. The molecule has 1 aliphatic carbocycles. The Morgan fingerprint density at radius 2 is 2.06 bits per heavy atom. The number of imidazole rings is 1. The first kappa shape index (κ1) is 19.2. The molecule has 0 spiro atoms. The number of aromatic nitrogens is 3. The minimum atomic E-state index is 0.0561. The van der Waals surface area contributed by atoms with Crippen LogP contribution in [0.3, 0.4) is 0 Å². The predicted molar refractivity (Wildman–Crippen MR) is 125 cm³/mol. The summed E-state index contributed by atoms with van der Waals surface area (Å²) in [5.41, 5.74) is 7.75. The molecule has 2 aliphatic rings. The third kappa shape index (κ3) is 2.80. The van der Waals surface area contributed by atoms with Gasteiger partial charge in [0.2, 0.25) is 0 Å². The van der Waals surface area contributed by atoms with Crippen LogP contribution in [0, 0.1) is 5.92 Å². The lowest BCUT2D eigenvalue weighted by Crippen LogP contribution is -2.59. The van der Waals surface area contributed by atoms with Crippen molar-refractivity contribution in [2.24, 2.45) is 5.92 Å². The Kier molecular flexibility index (Phi) is 4.22. The Balaban J connectivity index is 1.36. The number of pyridine rings is 1. The average molecular weight is 423 g/mol. The molecule has 1 fully saturated rings. The summed E-state index contributed by atoms with van der Waals surface area (Å²) >= 11 is 0. The lowest BCUT2D eigenvalue weighted by atomic mass is 9.58. The Morgan fingerprint density at radius 1 is 1.16 bits per heavy atom. The number of fused-ring (bicyclic) bond motifs is 5. The number of rotatable bonds is 2. The van der Waals surface area contributed by atoms with Gasteiger partial charge >= 0.3 is 0 Å². The Hall–Kier alpha value is -3.47. The van der Waals surface area contributed by atoms with E-state index in [-0.39, 0.29) is 17.4 Å². The number of nitrogens with one attached hydrogen (secondary N) is 1. The third-order valence-corrected chi connectivity index (χ3v) is 7.93. The molecule has 4 aromatic rings. The molecular formula is C27H26N4O. The zero-order valence-corrected chi connectivity index (χ0v) is 18.4. The number of piperidine rings is 1. The van der Waals surface area contributed by atoms with E-state index in [0.717, 1.165) is 41.5 Å². The van der Waals surface area contributed by atoms with Crippen molar-refractivity contribution >= 4 is 16.9 Å². The van der Waals surface area contributed by atoms with E-state index in [1.165, 1.54) is 16.7 Å². The van der Waals surface area contributed by atoms with E-state index in [1.807, 2.05) is 36.7 Å². The van der Waals surface area contributed by atoms with Gasteiger partial charge in [0.05, 0.1) is 17.4 Å². The number of aromatic amines is 1. The van der Waals surface area contributed by atoms with Crippen molar-refractivity contribution in [3.05, 3.63) is 83.9 Å². The maximum absolute atomic E-state index is 13.6. The van der Waals surface area contributed by atoms with Crippen molar-refractivity contribution in [2.45, 2.75) is 38.1 Å². The molecule has 2 aromatic carbocycles. The maximum atomic E-state index is 13.6. The van der Waals surface area contributed by atoms with Crippen molar-refractivity contribution in [1.82, 2.24) is 19.9 Å². The van der Waals surface area contributed by atoms with Gasteiger partial charge in [0, 0.05) is 30.5 Å². The zero-order chi connectivity index (χ0) is 21.9. The lowest BCUT2D eigenvalue weighted by molar-refractivity contribution is 0.0251.